The summed E-state index contributed by atoms with van der Waals surface area (Å²) in [6.45, 7) is 3.13. The highest BCUT2D eigenvalue weighted by Gasteiger charge is 2.21. The Hall–Kier alpha value is -1.20. The molecule has 19 heavy (non-hydrogen) atoms. The maximum absolute atomic E-state index is 4.34. The van der Waals surface area contributed by atoms with Gasteiger partial charge in [-0.1, -0.05) is 6.92 Å². The summed E-state index contributed by atoms with van der Waals surface area (Å²) in [6, 6.07) is 2.76. The minimum atomic E-state index is 0.364. The molecule has 5 heteroatoms. The monoisotopic (exact) mass is 276 g/mol. The summed E-state index contributed by atoms with van der Waals surface area (Å²) in [6.07, 6.45) is 6.39. The van der Waals surface area contributed by atoms with Crippen LogP contribution in [0.1, 0.15) is 40.5 Å². The first-order valence-corrected chi connectivity index (χ1v) is 7.77. The molecule has 0 amide bonds. The van der Waals surface area contributed by atoms with E-state index in [1.165, 1.54) is 24.1 Å². The van der Waals surface area contributed by atoms with E-state index in [0.717, 1.165) is 18.8 Å². The van der Waals surface area contributed by atoms with Crippen LogP contribution in [0.15, 0.2) is 12.4 Å². The molecule has 1 unspecified atom stereocenters. The Morgan fingerprint density at radius 2 is 2.37 bits per heavy atom. The summed E-state index contributed by atoms with van der Waals surface area (Å²) in [4.78, 5) is 7.39. The molecule has 1 aliphatic rings. The zero-order valence-corrected chi connectivity index (χ0v) is 12.3. The van der Waals surface area contributed by atoms with Gasteiger partial charge >= 0.3 is 0 Å². The third-order valence-electron chi connectivity index (χ3n) is 3.75. The molecule has 4 nitrogen and oxygen atoms in total. The molecule has 0 fully saturated rings. The third-order valence-corrected chi connectivity index (χ3v) is 5.10. The highest BCUT2D eigenvalue weighted by atomic mass is 32.1. The highest BCUT2D eigenvalue weighted by Crippen LogP contribution is 2.34. The molecule has 3 rings (SSSR count). The van der Waals surface area contributed by atoms with Gasteiger partial charge < -0.3 is 5.32 Å². The second kappa shape index (κ2) is 5.43. The zero-order valence-electron chi connectivity index (χ0n) is 11.5. The Morgan fingerprint density at radius 3 is 3.05 bits per heavy atom. The Kier molecular flexibility index (Phi) is 3.66. The van der Waals surface area contributed by atoms with E-state index in [9.17, 15) is 0 Å². The van der Waals surface area contributed by atoms with Gasteiger partial charge in [-0.25, -0.2) is 4.98 Å². The number of hydrogen-bond donors (Lipinski definition) is 1. The van der Waals surface area contributed by atoms with E-state index >= 15 is 0 Å². The molecule has 0 saturated heterocycles. The van der Waals surface area contributed by atoms with Crippen molar-refractivity contribution < 1.29 is 0 Å². The van der Waals surface area contributed by atoms with E-state index in [4.69, 9.17) is 0 Å². The molecule has 0 aromatic carbocycles. The van der Waals surface area contributed by atoms with Crippen LogP contribution in [-0.2, 0) is 26.3 Å². The fraction of sp³-hybridized carbons (Fsp3) is 0.571. The maximum Gasteiger partial charge on any atom is 0.138 e. The molecule has 0 bridgehead atoms. The van der Waals surface area contributed by atoms with Gasteiger partial charge in [0.1, 0.15) is 12.2 Å². The van der Waals surface area contributed by atoms with Gasteiger partial charge in [0, 0.05) is 29.3 Å². The topological polar surface area (TPSA) is 42.7 Å². The van der Waals surface area contributed by atoms with E-state index in [0.29, 0.717) is 6.04 Å². The van der Waals surface area contributed by atoms with Crippen molar-refractivity contribution >= 4 is 11.3 Å². The molecule has 1 atom stereocenters. The van der Waals surface area contributed by atoms with Crippen LogP contribution in [0.2, 0.25) is 0 Å². The molecular formula is C14H20N4S. The molecule has 2 heterocycles. The standard InChI is InChI=1S/C14H20N4S/c1-3-15-11(8-14-16-9-17-18(14)2)13-7-10-5-4-6-12(10)19-13/h7,9,11,15H,3-6,8H2,1-2H3. The first-order valence-electron chi connectivity index (χ1n) is 6.95. The van der Waals surface area contributed by atoms with Gasteiger partial charge in [0.2, 0.25) is 0 Å². The van der Waals surface area contributed by atoms with E-state index in [2.05, 4.69) is 28.4 Å². The second-order valence-corrected chi connectivity index (χ2v) is 6.23. The lowest BCUT2D eigenvalue weighted by Gasteiger charge is -2.15. The highest BCUT2D eigenvalue weighted by molar-refractivity contribution is 7.12. The molecule has 0 spiro atoms. The van der Waals surface area contributed by atoms with Crippen LogP contribution in [0.25, 0.3) is 0 Å². The van der Waals surface area contributed by atoms with Gasteiger partial charge in [0.05, 0.1) is 0 Å². The van der Waals surface area contributed by atoms with Crippen LogP contribution in [0.5, 0.6) is 0 Å². The molecular weight excluding hydrogens is 256 g/mol. The summed E-state index contributed by atoms with van der Waals surface area (Å²) in [5.41, 5.74) is 1.57. The van der Waals surface area contributed by atoms with Crippen LogP contribution >= 0.6 is 11.3 Å². The van der Waals surface area contributed by atoms with Crippen LogP contribution in [0, 0.1) is 0 Å². The number of aryl methyl sites for hydroxylation is 3. The number of thiophene rings is 1. The SMILES string of the molecule is CCNC(Cc1ncnn1C)c1cc2c(s1)CCC2. The van der Waals surface area contributed by atoms with Crippen molar-refractivity contribution in [1.82, 2.24) is 20.1 Å². The lowest BCUT2D eigenvalue weighted by molar-refractivity contribution is 0.529. The minimum absolute atomic E-state index is 0.364. The zero-order chi connectivity index (χ0) is 13.2. The summed E-state index contributed by atoms with van der Waals surface area (Å²) >= 11 is 1.98. The van der Waals surface area contributed by atoms with Gasteiger partial charge in [-0.2, -0.15) is 5.10 Å². The van der Waals surface area contributed by atoms with Crippen molar-refractivity contribution in [2.45, 2.75) is 38.6 Å². The number of nitrogens with zero attached hydrogens (tertiary/aromatic N) is 3. The Morgan fingerprint density at radius 1 is 1.47 bits per heavy atom. The summed E-state index contributed by atoms with van der Waals surface area (Å²) in [5, 5.41) is 7.74. The summed E-state index contributed by atoms with van der Waals surface area (Å²) < 4.78 is 1.87. The van der Waals surface area contributed by atoms with E-state index in [1.807, 2.05) is 23.1 Å². The molecule has 0 radical (unpaired) electrons. The molecule has 0 saturated carbocycles. The lowest BCUT2D eigenvalue weighted by Crippen LogP contribution is -2.23. The number of fused-ring (bicyclic) bond motifs is 1. The number of aromatic nitrogens is 3. The van der Waals surface area contributed by atoms with E-state index < -0.39 is 0 Å². The normalized spacial score (nSPS) is 15.7. The average Bonchev–Trinajstić information content (AvgIpc) is 3.04. The van der Waals surface area contributed by atoms with Crippen molar-refractivity contribution in [2.24, 2.45) is 7.05 Å². The first-order chi connectivity index (χ1) is 9.28. The average molecular weight is 276 g/mol. The molecule has 102 valence electrons. The van der Waals surface area contributed by atoms with Crippen molar-refractivity contribution in [3.05, 3.63) is 33.5 Å². The quantitative estimate of drug-likeness (QED) is 0.911. The third kappa shape index (κ3) is 2.58. The summed E-state index contributed by atoms with van der Waals surface area (Å²) in [7, 11) is 1.96. The number of nitrogens with one attached hydrogen (secondary N) is 1. The molecule has 2 aromatic heterocycles. The molecule has 2 aromatic rings. The van der Waals surface area contributed by atoms with Gasteiger partial charge in [0.25, 0.3) is 0 Å². The number of rotatable bonds is 5. The fourth-order valence-corrected chi connectivity index (χ4v) is 4.06. The first kappa shape index (κ1) is 12.8. The number of hydrogen-bond acceptors (Lipinski definition) is 4. The van der Waals surface area contributed by atoms with Gasteiger partial charge in [0.15, 0.2) is 0 Å². The van der Waals surface area contributed by atoms with Crippen LogP contribution < -0.4 is 5.32 Å². The Balaban J connectivity index is 1.81. The van der Waals surface area contributed by atoms with Crippen molar-refractivity contribution in [3.8, 4) is 0 Å². The molecule has 0 aliphatic heterocycles. The van der Waals surface area contributed by atoms with Gasteiger partial charge in [-0.3, -0.25) is 4.68 Å². The Labute approximate surface area is 117 Å². The second-order valence-electron chi connectivity index (χ2n) is 5.06. The predicted octanol–water partition coefficient (Wildman–Crippen LogP) is 2.26. The lowest BCUT2D eigenvalue weighted by atomic mass is 10.1. The van der Waals surface area contributed by atoms with Crippen LogP contribution in [-0.4, -0.2) is 21.3 Å². The Bertz CT molecular complexity index is 536. The van der Waals surface area contributed by atoms with Gasteiger partial charge in [-0.05, 0) is 37.4 Å². The summed E-state index contributed by atoms with van der Waals surface area (Å²) in [5.74, 6) is 1.04. The fourth-order valence-electron chi connectivity index (χ4n) is 2.73. The largest absolute Gasteiger partial charge is 0.309 e. The predicted molar refractivity (Wildman–Crippen MR) is 77.5 cm³/mol. The molecule has 1 N–H and O–H groups in total. The minimum Gasteiger partial charge on any atom is -0.309 e. The molecule has 1 aliphatic carbocycles. The number of likely N-dealkylation sites (N-methyl/N-ethyl adjacent to an activating group) is 1. The van der Waals surface area contributed by atoms with E-state index in [-0.39, 0.29) is 0 Å². The maximum atomic E-state index is 4.34. The van der Waals surface area contributed by atoms with Crippen LogP contribution in [0.3, 0.4) is 0 Å². The van der Waals surface area contributed by atoms with E-state index in [1.54, 1.807) is 16.8 Å². The van der Waals surface area contributed by atoms with Crippen molar-refractivity contribution in [2.75, 3.05) is 6.54 Å². The van der Waals surface area contributed by atoms with Crippen LogP contribution in [0.4, 0.5) is 0 Å². The van der Waals surface area contributed by atoms with Crippen molar-refractivity contribution in [3.63, 3.8) is 0 Å². The van der Waals surface area contributed by atoms with Crippen molar-refractivity contribution in [1.29, 1.82) is 0 Å². The van der Waals surface area contributed by atoms with Gasteiger partial charge in [-0.15, -0.1) is 11.3 Å². The smallest absolute Gasteiger partial charge is 0.138 e.